The minimum atomic E-state index is 0.0698. The van der Waals surface area contributed by atoms with Gasteiger partial charge in [-0.15, -0.1) is 0 Å². The molecule has 0 unspecified atom stereocenters. The van der Waals surface area contributed by atoms with Gasteiger partial charge in [0.05, 0.1) is 12.7 Å². The second-order valence-corrected chi connectivity index (χ2v) is 6.39. The van der Waals surface area contributed by atoms with Crippen LogP contribution in [0.25, 0.3) is 0 Å². The van der Waals surface area contributed by atoms with Gasteiger partial charge in [-0.3, -0.25) is 14.1 Å². The summed E-state index contributed by atoms with van der Waals surface area (Å²) in [5.74, 6) is 1.57. The van der Waals surface area contributed by atoms with Gasteiger partial charge in [0.25, 0.3) is 0 Å². The van der Waals surface area contributed by atoms with Gasteiger partial charge in [0.1, 0.15) is 5.82 Å². The molecule has 0 atom stereocenters. The molecule has 2 aromatic heterocycles. The Morgan fingerprint density at radius 2 is 2.18 bits per heavy atom. The summed E-state index contributed by atoms with van der Waals surface area (Å²) >= 11 is 0. The highest BCUT2D eigenvalue weighted by Crippen LogP contribution is 2.29. The SMILES string of the molecule is CCn1cc(CN2CCn3c(nn(CC4CC4)c3=O)C2)cn1. The molecular weight excluding hydrogens is 280 g/mol. The summed E-state index contributed by atoms with van der Waals surface area (Å²) in [6, 6.07) is 0. The van der Waals surface area contributed by atoms with E-state index in [2.05, 4.69) is 28.2 Å². The molecule has 7 heteroatoms. The molecule has 0 N–H and O–H groups in total. The summed E-state index contributed by atoms with van der Waals surface area (Å²) in [5, 5.41) is 8.87. The summed E-state index contributed by atoms with van der Waals surface area (Å²) in [6.45, 7) is 7.00. The number of hydrogen-bond acceptors (Lipinski definition) is 4. The molecule has 2 aromatic rings. The van der Waals surface area contributed by atoms with E-state index in [1.807, 2.05) is 15.4 Å². The first-order valence-corrected chi connectivity index (χ1v) is 8.13. The van der Waals surface area contributed by atoms with Crippen LogP contribution in [-0.2, 0) is 32.7 Å². The molecule has 0 aromatic carbocycles. The van der Waals surface area contributed by atoms with E-state index in [4.69, 9.17) is 0 Å². The predicted octanol–water partition coefficient (Wildman–Crippen LogP) is 0.687. The van der Waals surface area contributed by atoms with E-state index in [0.29, 0.717) is 5.92 Å². The standard InChI is InChI=1S/C15H22N6O/c1-2-19-9-13(7-16-19)8-18-5-6-20-14(11-18)17-21(15(20)22)10-12-3-4-12/h7,9,12H,2-6,8,10-11H2,1H3. The van der Waals surface area contributed by atoms with Crippen LogP contribution in [0.1, 0.15) is 31.2 Å². The van der Waals surface area contributed by atoms with Gasteiger partial charge in [0.2, 0.25) is 0 Å². The first-order valence-electron chi connectivity index (χ1n) is 8.13. The van der Waals surface area contributed by atoms with Crippen molar-refractivity contribution in [1.29, 1.82) is 0 Å². The van der Waals surface area contributed by atoms with Gasteiger partial charge in [0, 0.05) is 44.5 Å². The molecule has 0 bridgehead atoms. The van der Waals surface area contributed by atoms with Gasteiger partial charge < -0.3 is 0 Å². The number of hydrogen-bond donors (Lipinski definition) is 0. The highest BCUT2D eigenvalue weighted by molar-refractivity contribution is 5.04. The van der Waals surface area contributed by atoms with Gasteiger partial charge in [-0.1, -0.05) is 0 Å². The molecule has 118 valence electrons. The number of aromatic nitrogens is 5. The summed E-state index contributed by atoms with van der Waals surface area (Å²) < 4.78 is 5.46. The van der Waals surface area contributed by atoms with Crippen LogP contribution in [0.5, 0.6) is 0 Å². The molecule has 4 rings (SSSR count). The predicted molar refractivity (Wildman–Crippen MR) is 81.2 cm³/mol. The first-order chi connectivity index (χ1) is 10.7. The third-order valence-corrected chi connectivity index (χ3v) is 4.55. The van der Waals surface area contributed by atoms with Gasteiger partial charge in [0.15, 0.2) is 0 Å². The summed E-state index contributed by atoms with van der Waals surface area (Å²) in [4.78, 5) is 14.6. The molecule has 0 saturated heterocycles. The van der Waals surface area contributed by atoms with Crippen molar-refractivity contribution in [2.24, 2.45) is 5.92 Å². The second kappa shape index (κ2) is 5.39. The van der Waals surface area contributed by atoms with Crippen LogP contribution >= 0.6 is 0 Å². The summed E-state index contributed by atoms with van der Waals surface area (Å²) in [5.41, 5.74) is 1.29. The Kier molecular flexibility index (Phi) is 3.37. The lowest BCUT2D eigenvalue weighted by molar-refractivity contribution is 0.207. The second-order valence-electron chi connectivity index (χ2n) is 6.39. The summed E-state index contributed by atoms with van der Waals surface area (Å²) in [7, 11) is 0. The highest BCUT2D eigenvalue weighted by atomic mass is 16.2. The normalized spacial score (nSPS) is 18.6. The zero-order valence-electron chi connectivity index (χ0n) is 13.0. The fourth-order valence-electron chi connectivity index (χ4n) is 3.07. The number of nitrogens with zero attached hydrogens (tertiary/aromatic N) is 6. The van der Waals surface area contributed by atoms with Crippen molar-refractivity contribution in [3.05, 3.63) is 34.3 Å². The third-order valence-electron chi connectivity index (χ3n) is 4.55. The molecule has 7 nitrogen and oxygen atoms in total. The largest absolute Gasteiger partial charge is 0.346 e. The first kappa shape index (κ1) is 13.8. The lowest BCUT2D eigenvalue weighted by Crippen LogP contribution is -2.37. The molecular formula is C15H22N6O. The molecule has 0 spiro atoms. The van der Waals surface area contributed by atoms with Crippen LogP contribution in [0, 0.1) is 5.92 Å². The number of fused-ring (bicyclic) bond motifs is 1. The molecule has 1 saturated carbocycles. The molecule has 1 fully saturated rings. The van der Waals surface area contributed by atoms with E-state index in [9.17, 15) is 4.79 Å². The summed E-state index contributed by atoms with van der Waals surface area (Å²) in [6.07, 6.45) is 6.49. The fourth-order valence-corrected chi connectivity index (χ4v) is 3.07. The molecule has 0 amide bonds. The molecule has 22 heavy (non-hydrogen) atoms. The zero-order valence-corrected chi connectivity index (χ0v) is 13.0. The fraction of sp³-hybridized carbons (Fsp3) is 0.667. The molecule has 1 aliphatic carbocycles. The van der Waals surface area contributed by atoms with Gasteiger partial charge in [-0.05, 0) is 25.7 Å². The van der Waals surface area contributed by atoms with E-state index >= 15 is 0 Å². The molecule has 2 aliphatic rings. The van der Waals surface area contributed by atoms with Crippen LogP contribution in [0.4, 0.5) is 0 Å². The van der Waals surface area contributed by atoms with Crippen LogP contribution < -0.4 is 5.69 Å². The van der Waals surface area contributed by atoms with E-state index in [0.717, 1.165) is 45.1 Å². The average molecular weight is 302 g/mol. The van der Waals surface area contributed by atoms with Crippen molar-refractivity contribution in [3.63, 3.8) is 0 Å². The van der Waals surface area contributed by atoms with E-state index in [-0.39, 0.29) is 5.69 Å². The van der Waals surface area contributed by atoms with Crippen LogP contribution in [-0.4, -0.2) is 35.6 Å². The van der Waals surface area contributed by atoms with Crippen molar-refractivity contribution in [2.45, 2.75) is 52.5 Å². The zero-order chi connectivity index (χ0) is 15.1. The Hall–Kier alpha value is -1.89. The smallest absolute Gasteiger partial charge is 0.290 e. The van der Waals surface area contributed by atoms with Crippen molar-refractivity contribution in [2.75, 3.05) is 6.54 Å². The number of rotatable bonds is 5. The Bertz CT molecular complexity index is 723. The minimum Gasteiger partial charge on any atom is -0.290 e. The van der Waals surface area contributed by atoms with Crippen LogP contribution in [0.2, 0.25) is 0 Å². The minimum absolute atomic E-state index is 0.0698. The number of aryl methyl sites for hydroxylation is 1. The average Bonchev–Trinajstić information content (AvgIpc) is 3.13. The maximum atomic E-state index is 12.3. The highest BCUT2D eigenvalue weighted by Gasteiger charge is 2.26. The van der Waals surface area contributed by atoms with Crippen molar-refractivity contribution in [3.8, 4) is 0 Å². The van der Waals surface area contributed by atoms with Crippen LogP contribution in [0.15, 0.2) is 17.2 Å². The quantitative estimate of drug-likeness (QED) is 0.815. The molecule has 3 heterocycles. The Balaban J connectivity index is 1.47. The molecule has 0 radical (unpaired) electrons. The third kappa shape index (κ3) is 2.61. The van der Waals surface area contributed by atoms with Gasteiger partial charge in [-0.25, -0.2) is 9.48 Å². The Morgan fingerprint density at radius 3 is 2.91 bits per heavy atom. The van der Waals surface area contributed by atoms with Crippen molar-refractivity contribution >= 4 is 0 Å². The van der Waals surface area contributed by atoms with Crippen molar-refractivity contribution < 1.29 is 0 Å². The van der Waals surface area contributed by atoms with Crippen molar-refractivity contribution in [1.82, 2.24) is 29.0 Å². The lowest BCUT2D eigenvalue weighted by atomic mass is 10.3. The van der Waals surface area contributed by atoms with Crippen LogP contribution in [0.3, 0.4) is 0 Å². The van der Waals surface area contributed by atoms with E-state index in [1.54, 1.807) is 4.68 Å². The van der Waals surface area contributed by atoms with E-state index in [1.165, 1.54) is 18.4 Å². The monoisotopic (exact) mass is 302 g/mol. The van der Waals surface area contributed by atoms with Gasteiger partial charge in [-0.2, -0.15) is 10.2 Å². The Labute approximate surface area is 129 Å². The topological polar surface area (TPSA) is 60.9 Å². The van der Waals surface area contributed by atoms with Gasteiger partial charge >= 0.3 is 5.69 Å². The lowest BCUT2D eigenvalue weighted by Gasteiger charge is -2.25. The Morgan fingerprint density at radius 1 is 1.32 bits per heavy atom. The maximum Gasteiger partial charge on any atom is 0.346 e. The van der Waals surface area contributed by atoms with E-state index < -0.39 is 0 Å². The molecule has 1 aliphatic heterocycles. The maximum absolute atomic E-state index is 12.3.